The van der Waals surface area contributed by atoms with E-state index in [9.17, 15) is 36.7 Å². The highest BCUT2D eigenvalue weighted by atomic mass is 19.4. The minimum absolute atomic E-state index is 0.00961. The molecule has 1 aromatic carbocycles. The zero-order valence-electron chi connectivity index (χ0n) is 24.3. The third-order valence-corrected chi connectivity index (χ3v) is 8.33. The summed E-state index contributed by atoms with van der Waals surface area (Å²) in [5.41, 5.74) is 0.594. The van der Waals surface area contributed by atoms with Crippen LogP contribution in [-0.2, 0) is 32.2 Å². The van der Waals surface area contributed by atoms with Crippen LogP contribution in [0.25, 0.3) is 5.57 Å². The number of fused-ring (bicyclic) bond motifs is 2. The summed E-state index contributed by atoms with van der Waals surface area (Å²) < 4.78 is 61.6. The number of likely N-dealkylation sites (N-methyl/N-ethyl adjacent to an activating group) is 1. The second kappa shape index (κ2) is 11.5. The minimum atomic E-state index is -4.74. The molecule has 1 unspecified atom stereocenters. The van der Waals surface area contributed by atoms with Gasteiger partial charge < -0.3 is 14.5 Å². The Balaban J connectivity index is 1.32. The predicted molar refractivity (Wildman–Crippen MR) is 148 cm³/mol. The molecule has 0 radical (unpaired) electrons. The van der Waals surface area contributed by atoms with Gasteiger partial charge in [-0.3, -0.25) is 24.0 Å². The van der Waals surface area contributed by atoms with Gasteiger partial charge in [0.25, 0.3) is 0 Å². The Morgan fingerprint density at radius 1 is 1.11 bits per heavy atom. The standard InChI is InChI=1S/C30H31F4N5O5/c1-18(30(32,33)34)39(13-19-4-6-21(31)7-5-19)26(41)15-37-17-29(44-28(37)43)11-10-23-24(29)9-8-22(27(23)42)20-12-35-38(14-20)16-25(40)36(2)3/h4-9,12,14,18,23H,10-11,13,15-17H2,1-3H3/t18-,23?,29-/m0/s1. The topological polar surface area (TPSA) is 105 Å². The van der Waals surface area contributed by atoms with Crippen molar-refractivity contribution in [2.75, 3.05) is 27.2 Å². The van der Waals surface area contributed by atoms with Gasteiger partial charge in [0.1, 0.15) is 24.9 Å². The van der Waals surface area contributed by atoms with Crippen molar-refractivity contribution in [3.05, 3.63) is 71.3 Å². The number of aromatic nitrogens is 2. The van der Waals surface area contributed by atoms with Crippen LogP contribution >= 0.6 is 0 Å². The van der Waals surface area contributed by atoms with Gasteiger partial charge in [0.05, 0.1) is 12.7 Å². The van der Waals surface area contributed by atoms with E-state index in [4.69, 9.17) is 4.74 Å². The molecule has 0 N–H and O–H groups in total. The first-order chi connectivity index (χ1) is 20.7. The van der Waals surface area contributed by atoms with Crippen LogP contribution in [-0.4, -0.2) is 93.2 Å². The highest BCUT2D eigenvalue weighted by Gasteiger charge is 2.56. The van der Waals surface area contributed by atoms with Gasteiger partial charge in [0.2, 0.25) is 11.8 Å². The normalized spacial score (nSPS) is 22.0. The number of benzene rings is 1. The molecule has 3 amide bonds. The Morgan fingerprint density at radius 2 is 1.82 bits per heavy atom. The lowest BCUT2D eigenvalue weighted by molar-refractivity contribution is -0.187. The molecule has 2 heterocycles. The summed E-state index contributed by atoms with van der Waals surface area (Å²) in [4.78, 5) is 54.8. The van der Waals surface area contributed by atoms with Gasteiger partial charge in [-0.15, -0.1) is 0 Å². The smallest absolute Gasteiger partial charge is 0.411 e. The maximum Gasteiger partial charge on any atom is 0.411 e. The summed E-state index contributed by atoms with van der Waals surface area (Å²) in [6.07, 6.45) is 1.48. The van der Waals surface area contributed by atoms with Crippen LogP contribution in [0.15, 0.2) is 54.4 Å². The highest BCUT2D eigenvalue weighted by molar-refractivity contribution is 6.24. The summed E-state index contributed by atoms with van der Waals surface area (Å²) in [6.45, 7) is -0.358. The number of carbonyl (C=O) groups excluding carboxylic acids is 4. The van der Waals surface area contributed by atoms with E-state index in [1.807, 2.05) is 0 Å². The number of amides is 3. The van der Waals surface area contributed by atoms with Crippen molar-refractivity contribution in [3.8, 4) is 0 Å². The van der Waals surface area contributed by atoms with Crippen LogP contribution < -0.4 is 0 Å². The second-order valence-electron chi connectivity index (χ2n) is 11.5. The quantitative estimate of drug-likeness (QED) is 0.420. The van der Waals surface area contributed by atoms with Crippen LogP contribution in [0.3, 0.4) is 0 Å². The van der Waals surface area contributed by atoms with E-state index < -0.39 is 54.6 Å². The average Bonchev–Trinajstić information content (AvgIpc) is 3.65. The van der Waals surface area contributed by atoms with Crippen molar-refractivity contribution in [1.82, 2.24) is 24.5 Å². The SMILES string of the molecule is C[C@H](N(Cc1ccc(F)cc1)C(=O)CN1C[C@]2(CCC3C(=O)C(c4cnn(CC(=O)N(C)C)c4)=CC=C32)OC1=O)C(F)(F)F. The van der Waals surface area contributed by atoms with Crippen molar-refractivity contribution < 1.29 is 41.5 Å². The van der Waals surface area contributed by atoms with Gasteiger partial charge in [-0.25, -0.2) is 9.18 Å². The fourth-order valence-corrected chi connectivity index (χ4v) is 5.78. The Kier molecular flexibility index (Phi) is 8.12. The van der Waals surface area contributed by atoms with Crippen LogP contribution in [0.1, 0.15) is 30.9 Å². The van der Waals surface area contributed by atoms with Crippen LogP contribution in [0.4, 0.5) is 22.4 Å². The van der Waals surface area contributed by atoms with Crippen LogP contribution in [0.5, 0.6) is 0 Å². The van der Waals surface area contributed by atoms with Gasteiger partial charge in [0.15, 0.2) is 11.4 Å². The predicted octanol–water partition coefficient (Wildman–Crippen LogP) is 3.58. The third kappa shape index (κ3) is 5.97. The molecule has 2 fully saturated rings. The second-order valence-corrected chi connectivity index (χ2v) is 11.5. The zero-order chi connectivity index (χ0) is 32.0. The number of hydrogen-bond donors (Lipinski definition) is 0. The number of Topliss-reactive ketones (excluding diaryl/α,β-unsaturated/α-hetero) is 1. The summed E-state index contributed by atoms with van der Waals surface area (Å²) in [7, 11) is 3.25. The molecule has 2 aliphatic carbocycles. The zero-order valence-corrected chi connectivity index (χ0v) is 24.3. The monoisotopic (exact) mass is 617 g/mol. The molecule has 234 valence electrons. The number of allylic oxidation sites excluding steroid dienone is 3. The lowest BCUT2D eigenvalue weighted by atomic mass is 9.82. The number of ketones is 1. The molecule has 44 heavy (non-hydrogen) atoms. The molecule has 1 saturated heterocycles. The highest BCUT2D eigenvalue weighted by Crippen LogP contribution is 2.49. The van der Waals surface area contributed by atoms with E-state index in [0.29, 0.717) is 40.0 Å². The van der Waals surface area contributed by atoms with E-state index in [2.05, 4.69) is 5.10 Å². The van der Waals surface area contributed by atoms with E-state index in [1.165, 1.54) is 27.9 Å². The lowest BCUT2D eigenvalue weighted by Crippen LogP contribution is -2.50. The number of hydrogen-bond acceptors (Lipinski definition) is 6. The maximum atomic E-state index is 13.7. The molecule has 14 heteroatoms. The molecule has 2 aromatic rings. The number of nitrogens with zero attached hydrogens (tertiary/aromatic N) is 5. The molecule has 3 aliphatic rings. The fourth-order valence-electron chi connectivity index (χ4n) is 5.78. The molecule has 1 saturated carbocycles. The summed E-state index contributed by atoms with van der Waals surface area (Å²) in [5.74, 6) is -2.48. The Hall–Kier alpha value is -4.49. The van der Waals surface area contributed by atoms with E-state index in [-0.39, 0.29) is 24.8 Å². The number of rotatable bonds is 8. The van der Waals surface area contributed by atoms with Gasteiger partial charge in [0, 0.05) is 43.9 Å². The van der Waals surface area contributed by atoms with Crippen molar-refractivity contribution in [2.24, 2.45) is 5.92 Å². The molecule has 1 aliphatic heterocycles. The summed E-state index contributed by atoms with van der Waals surface area (Å²) in [5, 5.41) is 4.18. The number of alkyl halides is 3. The Morgan fingerprint density at radius 3 is 2.48 bits per heavy atom. The summed E-state index contributed by atoms with van der Waals surface area (Å²) in [6, 6.07) is 2.59. The van der Waals surface area contributed by atoms with E-state index >= 15 is 0 Å². The Labute approximate surface area is 250 Å². The third-order valence-electron chi connectivity index (χ3n) is 8.33. The van der Waals surface area contributed by atoms with Crippen molar-refractivity contribution >= 4 is 29.3 Å². The molecular formula is C30H31F4N5O5. The number of carbonyl (C=O) groups is 4. The first-order valence-electron chi connectivity index (χ1n) is 14.0. The van der Waals surface area contributed by atoms with Crippen LogP contribution in [0.2, 0.25) is 0 Å². The molecule has 1 spiro atoms. The van der Waals surface area contributed by atoms with E-state index in [0.717, 1.165) is 24.0 Å². The maximum absolute atomic E-state index is 13.7. The molecule has 3 atom stereocenters. The van der Waals surface area contributed by atoms with Gasteiger partial charge in [-0.2, -0.15) is 18.3 Å². The lowest BCUT2D eigenvalue weighted by Gasteiger charge is -2.32. The van der Waals surface area contributed by atoms with Crippen molar-refractivity contribution in [3.63, 3.8) is 0 Å². The minimum Gasteiger partial charge on any atom is -0.436 e. The van der Waals surface area contributed by atoms with Gasteiger partial charge in [-0.1, -0.05) is 24.3 Å². The fraction of sp³-hybridized carbons (Fsp3) is 0.433. The first kappa shape index (κ1) is 31.0. The van der Waals surface area contributed by atoms with Gasteiger partial charge >= 0.3 is 12.3 Å². The molecule has 0 bridgehead atoms. The molecular weight excluding hydrogens is 586 g/mol. The molecule has 10 nitrogen and oxygen atoms in total. The number of halogens is 4. The van der Waals surface area contributed by atoms with E-state index in [1.54, 1.807) is 32.4 Å². The molecule has 1 aromatic heterocycles. The van der Waals surface area contributed by atoms with Crippen LogP contribution in [0, 0.1) is 11.7 Å². The summed E-state index contributed by atoms with van der Waals surface area (Å²) >= 11 is 0. The molecule has 5 rings (SSSR count). The largest absolute Gasteiger partial charge is 0.436 e. The van der Waals surface area contributed by atoms with Crippen molar-refractivity contribution in [2.45, 2.75) is 50.7 Å². The Bertz CT molecular complexity index is 1550. The van der Waals surface area contributed by atoms with Gasteiger partial charge in [-0.05, 0) is 43.0 Å². The van der Waals surface area contributed by atoms with Crippen molar-refractivity contribution in [1.29, 1.82) is 0 Å². The first-order valence-corrected chi connectivity index (χ1v) is 14.0. The average molecular weight is 618 g/mol. The number of ether oxygens (including phenoxy) is 1.